The van der Waals surface area contributed by atoms with Gasteiger partial charge in [-0.1, -0.05) is 23.4 Å². The highest BCUT2D eigenvalue weighted by Crippen LogP contribution is 2.11. The van der Waals surface area contributed by atoms with E-state index in [-0.39, 0.29) is 24.1 Å². The first-order valence-corrected chi connectivity index (χ1v) is 8.47. The Bertz CT molecular complexity index is 975. The summed E-state index contributed by atoms with van der Waals surface area (Å²) in [6.45, 7) is 1.07. The maximum absolute atomic E-state index is 12.6. The Morgan fingerprint density at radius 2 is 2.15 bits per heavy atom. The Kier molecular flexibility index (Phi) is 4.44. The predicted octanol–water partition coefficient (Wildman–Crippen LogP) is 0.272. The minimum atomic E-state index is -0.399. The number of rotatable bonds is 5. The monoisotopic (exact) mass is 354 g/mol. The van der Waals surface area contributed by atoms with Gasteiger partial charge in [0.2, 0.25) is 5.91 Å². The van der Waals surface area contributed by atoms with E-state index in [1.807, 2.05) is 30.3 Å². The number of amides is 1. The van der Waals surface area contributed by atoms with Crippen molar-refractivity contribution in [3.05, 3.63) is 47.0 Å². The molecule has 0 bridgehead atoms. The summed E-state index contributed by atoms with van der Waals surface area (Å²) >= 11 is 0. The number of hydrogen-bond donors (Lipinski definition) is 1. The number of carbonyl (C=O) groups is 1. The molecule has 0 radical (unpaired) electrons. The fraction of sp³-hybridized carbons (Fsp3) is 0.353. The number of hydrogen-bond acceptors (Lipinski definition) is 6. The molecule has 9 heteroatoms. The van der Waals surface area contributed by atoms with Gasteiger partial charge >= 0.3 is 0 Å². The standard InChI is InChI=1S/C17H18N6O3/c24-14(18-9-13-7-4-8-26-13)10-22-11-19-16-15(17(22)25)20-21-23(16)12-5-2-1-3-6-12/h1-3,5-6,11,13H,4,7-10H2,(H,18,24)/t13-/m0/s1. The van der Waals surface area contributed by atoms with E-state index in [4.69, 9.17) is 4.74 Å². The van der Waals surface area contributed by atoms with Gasteiger partial charge in [0, 0.05) is 13.2 Å². The number of aromatic nitrogens is 5. The molecular weight excluding hydrogens is 336 g/mol. The predicted molar refractivity (Wildman–Crippen MR) is 92.9 cm³/mol. The van der Waals surface area contributed by atoms with Crippen molar-refractivity contribution >= 4 is 17.1 Å². The number of para-hydroxylation sites is 1. The van der Waals surface area contributed by atoms with Crippen LogP contribution in [0.2, 0.25) is 0 Å². The van der Waals surface area contributed by atoms with E-state index in [2.05, 4.69) is 20.6 Å². The van der Waals surface area contributed by atoms with Crippen molar-refractivity contribution in [1.29, 1.82) is 0 Å². The van der Waals surface area contributed by atoms with Crippen molar-refractivity contribution in [3.63, 3.8) is 0 Å². The van der Waals surface area contributed by atoms with E-state index in [9.17, 15) is 9.59 Å². The molecule has 0 spiro atoms. The molecule has 26 heavy (non-hydrogen) atoms. The second-order valence-corrected chi connectivity index (χ2v) is 6.13. The molecule has 1 N–H and O–H groups in total. The first-order chi connectivity index (χ1) is 12.7. The number of carbonyl (C=O) groups excluding carboxylic acids is 1. The molecule has 3 aromatic rings. The summed E-state index contributed by atoms with van der Waals surface area (Å²) in [5.41, 5.74) is 0.846. The Morgan fingerprint density at radius 1 is 1.31 bits per heavy atom. The van der Waals surface area contributed by atoms with Gasteiger partial charge in [0.15, 0.2) is 11.2 Å². The molecule has 3 heterocycles. The molecule has 2 aromatic heterocycles. The summed E-state index contributed by atoms with van der Waals surface area (Å²) < 4.78 is 8.20. The van der Waals surface area contributed by atoms with Gasteiger partial charge in [-0.15, -0.1) is 5.10 Å². The van der Waals surface area contributed by atoms with Crippen LogP contribution in [0.4, 0.5) is 0 Å². The van der Waals surface area contributed by atoms with Crippen LogP contribution in [0.5, 0.6) is 0 Å². The summed E-state index contributed by atoms with van der Waals surface area (Å²) in [5, 5.41) is 10.7. The molecule has 1 aliphatic rings. The highest BCUT2D eigenvalue weighted by Gasteiger charge is 2.17. The van der Waals surface area contributed by atoms with Crippen molar-refractivity contribution in [2.24, 2.45) is 0 Å². The molecule has 4 rings (SSSR count). The summed E-state index contributed by atoms with van der Waals surface area (Å²) in [6.07, 6.45) is 3.36. The third-order valence-electron chi connectivity index (χ3n) is 4.30. The maximum atomic E-state index is 12.6. The highest BCUT2D eigenvalue weighted by molar-refractivity contribution is 5.76. The van der Waals surface area contributed by atoms with Crippen molar-refractivity contribution in [3.8, 4) is 5.69 Å². The van der Waals surface area contributed by atoms with Gasteiger partial charge in [-0.3, -0.25) is 14.2 Å². The van der Waals surface area contributed by atoms with E-state index < -0.39 is 5.56 Å². The summed E-state index contributed by atoms with van der Waals surface area (Å²) in [5.74, 6) is -0.265. The fourth-order valence-corrected chi connectivity index (χ4v) is 2.94. The van der Waals surface area contributed by atoms with Crippen molar-refractivity contribution in [2.75, 3.05) is 13.2 Å². The molecule has 9 nitrogen and oxygen atoms in total. The number of nitrogens with zero attached hydrogens (tertiary/aromatic N) is 5. The molecule has 1 amide bonds. The van der Waals surface area contributed by atoms with Gasteiger partial charge in [-0.25, -0.2) is 4.98 Å². The molecule has 1 fully saturated rings. The van der Waals surface area contributed by atoms with Gasteiger partial charge in [0.05, 0.1) is 11.8 Å². The number of nitrogens with one attached hydrogen (secondary N) is 1. The first kappa shape index (κ1) is 16.4. The van der Waals surface area contributed by atoms with Crippen molar-refractivity contribution < 1.29 is 9.53 Å². The van der Waals surface area contributed by atoms with Crippen LogP contribution in [0.1, 0.15) is 12.8 Å². The van der Waals surface area contributed by atoms with Crippen LogP contribution in [0, 0.1) is 0 Å². The van der Waals surface area contributed by atoms with Crippen molar-refractivity contribution in [1.82, 2.24) is 29.9 Å². The molecule has 1 aromatic carbocycles. The second-order valence-electron chi connectivity index (χ2n) is 6.13. The average Bonchev–Trinajstić information content (AvgIpc) is 3.33. The van der Waals surface area contributed by atoms with Crippen LogP contribution in [-0.2, 0) is 16.1 Å². The molecule has 1 aliphatic heterocycles. The molecule has 134 valence electrons. The number of benzene rings is 1. The average molecular weight is 354 g/mol. The van der Waals surface area contributed by atoms with E-state index in [0.29, 0.717) is 12.2 Å². The van der Waals surface area contributed by atoms with Gasteiger partial charge in [0.25, 0.3) is 5.56 Å². The van der Waals surface area contributed by atoms with E-state index >= 15 is 0 Å². The lowest BCUT2D eigenvalue weighted by Gasteiger charge is -2.11. The van der Waals surface area contributed by atoms with Gasteiger partial charge in [0.1, 0.15) is 12.9 Å². The van der Waals surface area contributed by atoms with Crippen LogP contribution in [0.15, 0.2) is 41.5 Å². The van der Waals surface area contributed by atoms with Crippen molar-refractivity contribution in [2.45, 2.75) is 25.5 Å². The topological polar surface area (TPSA) is 104 Å². The highest BCUT2D eigenvalue weighted by atomic mass is 16.5. The normalized spacial score (nSPS) is 16.8. The quantitative estimate of drug-likeness (QED) is 0.705. The first-order valence-electron chi connectivity index (χ1n) is 8.47. The van der Waals surface area contributed by atoms with Crippen LogP contribution >= 0.6 is 0 Å². The second kappa shape index (κ2) is 7.04. The van der Waals surface area contributed by atoms with Gasteiger partial charge in [-0.05, 0) is 25.0 Å². The van der Waals surface area contributed by atoms with Crippen LogP contribution in [0.25, 0.3) is 16.9 Å². The Labute approximate surface area is 148 Å². The lowest BCUT2D eigenvalue weighted by atomic mass is 10.2. The zero-order valence-electron chi connectivity index (χ0n) is 14.0. The summed E-state index contributed by atoms with van der Waals surface area (Å²) in [6, 6.07) is 9.31. The lowest BCUT2D eigenvalue weighted by Crippen LogP contribution is -2.36. The number of ether oxygens (including phenoxy) is 1. The smallest absolute Gasteiger partial charge is 0.284 e. The lowest BCUT2D eigenvalue weighted by molar-refractivity contribution is -0.122. The SMILES string of the molecule is O=C(Cn1cnc2c(nnn2-c2ccccc2)c1=O)NC[C@@H]1CCCO1. The van der Waals surface area contributed by atoms with E-state index in [0.717, 1.165) is 25.1 Å². The molecule has 1 atom stereocenters. The molecule has 0 aliphatic carbocycles. The third-order valence-corrected chi connectivity index (χ3v) is 4.30. The fourth-order valence-electron chi connectivity index (χ4n) is 2.94. The Morgan fingerprint density at radius 3 is 2.92 bits per heavy atom. The maximum Gasteiger partial charge on any atom is 0.284 e. The Balaban J connectivity index is 1.53. The molecule has 0 saturated carbocycles. The third kappa shape index (κ3) is 3.21. The van der Waals surface area contributed by atoms with E-state index in [1.54, 1.807) is 0 Å². The van der Waals surface area contributed by atoms with Gasteiger partial charge in [-0.2, -0.15) is 4.68 Å². The number of fused-ring (bicyclic) bond motifs is 1. The zero-order valence-corrected chi connectivity index (χ0v) is 14.0. The minimum absolute atomic E-state index is 0.0575. The van der Waals surface area contributed by atoms with Crippen LogP contribution in [-0.4, -0.2) is 49.7 Å². The molecule has 0 unspecified atom stereocenters. The van der Waals surface area contributed by atoms with Crippen LogP contribution < -0.4 is 10.9 Å². The van der Waals surface area contributed by atoms with E-state index in [1.165, 1.54) is 15.6 Å². The molecule has 1 saturated heterocycles. The Hall–Kier alpha value is -3.07. The largest absolute Gasteiger partial charge is 0.376 e. The molecular formula is C17H18N6O3. The minimum Gasteiger partial charge on any atom is -0.376 e. The summed E-state index contributed by atoms with van der Waals surface area (Å²) in [7, 11) is 0. The van der Waals surface area contributed by atoms with Crippen LogP contribution in [0.3, 0.4) is 0 Å². The zero-order chi connectivity index (χ0) is 17.9. The van der Waals surface area contributed by atoms with Gasteiger partial charge < -0.3 is 10.1 Å². The summed E-state index contributed by atoms with van der Waals surface area (Å²) in [4.78, 5) is 28.9.